The first-order valence-electron chi connectivity index (χ1n) is 11.6. The normalized spacial score (nSPS) is 12.5. The van der Waals surface area contributed by atoms with E-state index in [0.29, 0.717) is 23.1 Å². The molecule has 37 heavy (non-hydrogen) atoms. The fourth-order valence-electron chi connectivity index (χ4n) is 3.50. The smallest absolute Gasteiger partial charge is 0.262 e. The molecule has 3 N–H and O–H groups in total. The molecule has 0 aliphatic rings. The van der Waals surface area contributed by atoms with Crippen LogP contribution in [0.15, 0.2) is 54.6 Å². The molecule has 0 spiro atoms. The van der Waals surface area contributed by atoms with Crippen LogP contribution in [-0.2, 0) is 20.8 Å². The Morgan fingerprint density at radius 3 is 2.38 bits per heavy atom. The Hall–Kier alpha value is -3.97. The van der Waals surface area contributed by atoms with Crippen molar-refractivity contribution in [2.24, 2.45) is 0 Å². The molecule has 0 aliphatic heterocycles. The Bertz CT molecular complexity index is 1100. The molecule has 0 radical (unpaired) electrons. The lowest BCUT2D eigenvalue weighted by molar-refractivity contribution is -0.149. The summed E-state index contributed by atoms with van der Waals surface area (Å²) in [6, 6.07) is 14.6. The van der Waals surface area contributed by atoms with Gasteiger partial charge in [0.25, 0.3) is 17.7 Å². The van der Waals surface area contributed by atoms with Gasteiger partial charge in [0.05, 0.1) is 25.7 Å². The van der Waals surface area contributed by atoms with Gasteiger partial charge in [-0.2, -0.15) is 0 Å². The number of amides is 3. The number of aliphatic hydroxyl groups excluding tert-OH is 1. The summed E-state index contributed by atoms with van der Waals surface area (Å²) in [4.78, 5) is 38.4. The zero-order chi connectivity index (χ0) is 27.4. The van der Waals surface area contributed by atoms with E-state index in [0.717, 1.165) is 5.56 Å². The fourth-order valence-corrected chi connectivity index (χ4v) is 3.50. The maximum atomic E-state index is 13.8. The van der Waals surface area contributed by atoms with Crippen molar-refractivity contribution in [1.82, 2.24) is 15.5 Å². The first kappa shape index (κ1) is 29.3. The van der Waals surface area contributed by atoms with Crippen molar-refractivity contribution in [3.05, 3.63) is 65.7 Å². The third kappa shape index (κ3) is 10.3. The van der Waals surface area contributed by atoms with Crippen LogP contribution in [0, 0.1) is 19.3 Å². The SMILES string of the molecule is C#CCNC(=O)CN(CC(C)(F)F)C(=O)C(O)C(Cc1ccccc1)NC(=O)COc1ccccc1C. The summed E-state index contributed by atoms with van der Waals surface area (Å²) in [5.74, 6) is -3.22. The van der Waals surface area contributed by atoms with Gasteiger partial charge >= 0.3 is 0 Å². The quantitative estimate of drug-likeness (QED) is 0.352. The first-order valence-corrected chi connectivity index (χ1v) is 11.6. The zero-order valence-corrected chi connectivity index (χ0v) is 20.7. The van der Waals surface area contributed by atoms with E-state index in [-0.39, 0.29) is 13.0 Å². The first-order chi connectivity index (χ1) is 17.5. The van der Waals surface area contributed by atoms with E-state index in [1.807, 2.05) is 19.1 Å². The average molecular weight is 516 g/mol. The number of hydrogen-bond donors (Lipinski definition) is 3. The van der Waals surface area contributed by atoms with Crippen molar-refractivity contribution < 1.29 is 33.0 Å². The van der Waals surface area contributed by atoms with Crippen LogP contribution in [-0.4, -0.2) is 72.0 Å². The Kier molecular flexibility index (Phi) is 11.0. The van der Waals surface area contributed by atoms with Crippen molar-refractivity contribution in [2.75, 3.05) is 26.2 Å². The predicted octanol–water partition coefficient (Wildman–Crippen LogP) is 1.70. The van der Waals surface area contributed by atoms with Gasteiger partial charge in [-0.1, -0.05) is 54.5 Å². The lowest BCUT2D eigenvalue weighted by atomic mass is 10.00. The van der Waals surface area contributed by atoms with Gasteiger partial charge in [-0.15, -0.1) is 6.42 Å². The van der Waals surface area contributed by atoms with Gasteiger partial charge in [-0.3, -0.25) is 14.4 Å². The summed E-state index contributed by atoms with van der Waals surface area (Å²) < 4.78 is 33.2. The molecule has 2 atom stereocenters. The third-order valence-electron chi connectivity index (χ3n) is 5.23. The molecule has 2 aromatic rings. The van der Waals surface area contributed by atoms with E-state index in [1.54, 1.807) is 42.5 Å². The number of nitrogens with zero attached hydrogens (tertiary/aromatic N) is 1. The van der Waals surface area contributed by atoms with Gasteiger partial charge in [0.2, 0.25) is 5.91 Å². The molecule has 0 fully saturated rings. The molecule has 0 saturated heterocycles. The van der Waals surface area contributed by atoms with Crippen molar-refractivity contribution in [3.8, 4) is 18.1 Å². The molecule has 0 heterocycles. The molecular weight excluding hydrogens is 484 g/mol. The highest BCUT2D eigenvalue weighted by molar-refractivity contribution is 5.88. The Balaban J connectivity index is 2.20. The second-order valence-corrected chi connectivity index (χ2v) is 8.61. The molecule has 2 aromatic carbocycles. The van der Waals surface area contributed by atoms with Gasteiger partial charge in [0.1, 0.15) is 5.75 Å². The zero-order valence-electron chi connectivity index (χ0n) is 20.7. The fraction of sp³-hybridized carbons (Fsp3) is 0.370. The number of para-hydroxylation sites is 1. The van der Waals surface area contributed by atoms with Crippen molar-refractivity contribution in [1.29, 1.82) is 0 Å². The van der Waals surface area contributed by atoms with E-state index in [4.69, 9.17) is 11.2 Å². The minimum Gasteiger partial charge on any atom is -0.484 e. The lowest BCUT2D eigenvalue weighted by Gasteiger charge is -2.30. The molecular formula is C27H31F2N3O5. The van der Waals surface area contributed by atoms with Gasteiger partial charge in [-0.05, 0) is 30.5 Å². The van der Waals surface area contributed by atoms with E-state index in [2.05, 4.69) is 16.6 Å². The van der Waals surface area contributed by atoms with E-state index >= 15 is 0 Å². The van der Waals surface area contributed by atoms with Crippen LogP contribution < -0.4 is 15.4 Å². The van der Waals surface area contributed by atoms with Gasteiger partial charge < -0.3 is 25.4 Å². The number of terminal acetylenes is 1. The topological polar surface area (TPSA) is 108 Å². The number of hydrogen-bond acceptors (Lipinski definition) is 5. The van der Waals surface area contributed by atoms with Crippen LogP contribution in [0.5, 0.6) is 5.75 Å². The number of aliphatic hydroxyl groups is 1. The van der Waals surface area contributed by atoms with Crippen molar-refractivity contribution >= 4 is 17.7 Å². The van der Waals surface area contributed by atoms with Crippen molar-refractivity contribution in [3.63, 3.8) is 0 Å². The average Bonchev–Trinajstić information content (AvgIpc) is 2.85. The summed E-state index contributed by atoms with van der Waals surface area (Å²) in [5.41, 5.74) is 1.49. The molecule has 0 aromatic heterocycles. The molecule has 2 rings (SSSR count). The largest absolute Gasteiger partial charge is 0.484 e. The molecule has 0 bridgehead atoms. The summed E-state index contributed by atoms with van der Waals surface area (Å²) >= 11 is 0. The van der Waals surface area contributed by atoms with Gasteiger partial charge in [0, 0.05) is 6.92 Å². The Labute approximate surface area is 215 Å². The summed E-state index contributed by atoms with van der Waals surface area (Å²) in [7, 11) is 0. The number of rotatable bonds is 13. The molecule has 0 aliphatic carbocycles. The molecule has 8 nitrogen and oxygen atoms in total. The minimum atomic E-state index is -3.35. The van der Waals surface area contributed by atoms with Gasteiger partial charge in [-0.25, -0.2) is 8.78 Å². The van der Waals surface area contributed by atoms with Crippen LogP contribution in [0.4, 0.5) is 8.78 Å². The van der Waals surface area contributed by atoms with E-state index in [1.165, 1.54) is 0 Å². The maximum Gasteiger partial charge on any atom is 0.262 e. The van der Waals surface area contributed by atoms with E-state index in [9.17, 15) is 28.3 Å². The molecule has 2 unspecified atom stereocenters. The predicted molar refractivity (Wildman–Crippen MR) is 134 cm³/mol. The molecule has 10 heteroatoms. The van der Waals surface area contributed by atoms with Crippen LogP contribution in [0.2, 0.25) is 0 Å². The minimum absolute atomic E-state index is 0.0174. The number of nitrogens with one attached hydrogen (secondary N) is 2. The maximum absolute atomic E-state index is 13.8. The van der Waals surface area contributed by atoms with Crippen LogP contribution in [0.1, 0.15) is 18.1 Å². The summed E-state index contributed by atoms with van der Waals surface area (Å²) in [6.07, 6.45) is 3.18. The van der Waals surface area contributed by atoms with Crippen molar-refractivity contribution in [2.45, 2.75) is 38.3 Å². The monoisotopic (exact) mass is 515 g/mol. The van der Waals surface area contributed by atoms with Crippen LogP contribution in [0.25, 0.3) is 0 Å². The summed E-state index contributed by atoms with van der Waals surface area (Å²) in [5, 5.41) is 15.8. The number of benzene rings is 2. The highest BCUT2D eigenvalue weighted by Crippen LogP contribution is 2.17. The summed E-state index contributed by atoms with van der Waals surface area (Å²) in [6.45, 7) is -0.0170. The highest BCUT2D eigenvalue weighted by atomic mass is 19.3. The van der Waals surface area contributed by atoms with E-state index < -0.39 is 55.5 Å². The molecule has 0 saturated carbocycles. The standard InChI is InChI=1S/C27H31F2N3O5/c1-4-14-30-23(33)16-32(18-27(3,28)29)26(36)25(35)21(15-20-11-6-5-7-12-20)31-24(34)17-37-22-13-9-8-10-19(22)2/h1,5-13,21,25,35H,14-18H2,2-3H3,(H,30,33)(H,31,34). The third-order valence-corrected chi connectivity index (χ3v) is 5.23. The number of alkyl halides is 2. The number of ether oxygens (including phenoxy) is 1. The van der Waals surface area contributed by atoms with Crippen LogP contribution in [0.3, 0.4) is 0 Å². The lowest BCUT2D eigenvalue weighted by Crippen LogP contribution is -2.56. The number of aryl methyl sites for hydroxylation is 1. The number of carbonyl (C=O) groups excluding carboxylic acids is 3. The molecule has 3 amide bonds. The Morgan fingerprint density at radius 1 is 1.11 bits per heavy atom. The molecule has 198 valence electrons. The second-order valence-electron chi connectivity index (χ2n) is 8.61. The second kappa shape index (κ2) is 13.9. The van der Waals surface area contributed by atoms with Crippen LogP contribution >= 0.6 is 0 Å². The number of carbonyl (C=O) groups is 3. The number of halogens is 2. The highest BCUT2D eigenvalue weighted by Gasteiger charge is 2.36. The Morgan fingerprint density at radius 2 is 1.76 bits per heavy atom. The van der Waals surface area contributed by atoms with Gasteiger partial charge in [0.15, 0.2) is 12.7 Å².